The minimum absolute atomic E-state index is 0.0375. The number of benzene rings is 1. The minimum Gasteiger partial charge on any atom is -0.480 e. The number of aromatic nitrogens is 7. The van der Waals surface area contributed by atoms with Crippen LogP contribution in [0.2, 0.25) is 0 Å². The van der Waals surface area contributed by atoms with E-state index in [-0.39, 0.29) is 42.6 Å². The second-order valence-electron chi connectivity index (χ2n) is 10.1. The van der Waals surface area contributed by atoms with E-state index < -0.39 is 17.9 Å². The molecular formula is C28H36N12O5S. The minimum atomic E-state index is -1.26. The molecule has 0 bridgehead atoms. The molecule has 0 saturated heterocycles. The molecule has 2 amide bonds. The van der Waals surface area contributed by atoms with Gasteiger partial charge in [0, 0.05) is 30.5 Å². The van der Waals surface area contributed by atoms with Crippen molar-refractivity contribution in [3.63, 3.8) is 0 Å². The highest BCUT2D eigenvalue weighted by atomic mass is 32.2. The molecule has 3 heterocycles. The number of hydrogen-bond acceptors (Lipinski definition) is 14. The van der Waals surface area contributed by atoms with Crippen molar-refractivity contribution in [2.24, 2.45) is 0 Å². The van der Waals surface area contributed by atoms with Crippen LogP contribution < -0.4 is 27.0 Å². The van der Waals surface area contributed by atoms with E-state index in [1.807, 2.05) is 18.2 Å². The van der Waals surface area contributed by atoms with Crippen LogP contribution in [0.5, 0.6) is 0 Å². The largest absolute Gasteiger partial charge is 0.480 e. The van der Waals surface area contributed by atoms with Crippen molar-refractivity contribution in [3.8, 4) is 0 Å². The summed E-state index contributed by atoms with van der Waals surface area (Å²) in [7, 11) is 1.82. The molecule has 3 aromatic heterocycles. The van der Waals surface area contributed by atoms with Gasteiger partial charge in [0.15, 0.2) is 5.82 Å². The number of hydrogen-bond donors (Lipinski definition) is 5. The van der Waals surface area contributed by atoms with E-state index in [2.05, 4.69) is 40.9 Å². The number of thioether (sulfide) groups is 1. The van der Waals surface area contributed by atoms with E-state index in [1.54, 1.807) is 46.9 Å². The molecule has 0 radical (unpaired) electrons. The Bertz CT molecular complexity index is 1650. The van der Waals surface area contributed by atoms with Crippen LogP contribution in [-0.2, 0) is 34.0 Å². The zero-order valence-corrected chi connectivity index (χ0v) is 26.2. The highest BCUT2D eigenvalue weighted by molar-refractivity contribution is 7.98. The number of carboxylic acid groups (broad SMARTS) is 1. The van der Waals surface area contributed by atoms with Crippen LogP contribution in [0.4, 0.5) is 17.5 Å². The quantitative estimate of drug-likeness (QED) is 0.0974. The number of amides is 2. The summed E-state index contributed by atoms with van der Waals surface area (Å²) in [5, 5.41) is 22.9. The summed E-state index contributed by atoms with van der Waals surface area (Å²) in [6, 6.07) is 5.32. The van der Waals surface area contributed by atoms with Crippen molar-refractivity contribution in [2.45, 2.75) is 38.5 Å². The molecule has 46 heavy (non-hydrogen) atoms. The molecule has 0 fully saturated rings. The number of carboxylic acids is 1. The van der Waals surface area contributed by atoms with E-state index in [0.29, 0.717) is 48.9 Å². The van der Waals surface area contributed by atoms with Gasteiger partial charge >= 0.3 is 5.97 Å². The summed E-state index contributed by atoms with van der Waals surface area (Å²) in [5.74, 6) is -0.619. The highest BCUT2D eigenvalue weighted by Crippen LogP contribution is 2.19. The maximum absolute atomic E-state index is 12.8. The van der Waals surface area contributed by atoms with Gasteiger partial charge in [-0.1, -0.05) is 5.21 Å². The molecule has 0 aliphatic heterocycles. The van der Waals surface area contributed by atoms with Crippen molar-refractivity contribution < 1.29 is 24.2 Å². The molecule has 0 saturated carbocycles. The van der Waals surface area contributed by atoms with E-state index in [0.717, 1.165) is 11.4 Å². The third kappa shape index (κ3) is 9.70. The van der Waals surface area contributed by atoms with Gasteiger partial charge in [-0.25, -0.2) is 24.4 Å². The first-order chi connectivity index (χ1) is 22.1. The Morgan fingerprint density at radius 2 is 1.91 bits per heavy atom. The van der Waals surface area contributed by atoms with Crippen molar-refractivity contribution in [1.82, 2.24) is 45.6 Å². The van der Waals surface area contributed by atoms with E-state index in [1.165, 1.54) is 6.20 Å². The van der Waals surface area contributed by atoms with Gasteiger partial charge < -0.3 is 36.8 Å². The molecule has 0 aliphatic carbocycles. The fourth-order valence-corrected chi connectivity index (χ4v) is 4.52. The van der Waals surface area contributed by atoms with Gasteiger partial charge in [-0.2, -0.15) is 16.7 Å². The zero-order valence-electron chi connectivity index (χ0n) is 25.4. The van der Waals surface area contributed by atoms with Crippen LogP contribution in [-0.4, -0.2) is 96.1 Å². The number of nitrogen functional groups attached to an aromatic ring is 2. The van der Waals surface area contributed by atoms with Crippen LogP contribution in [0.25, 0.3) is 11.0 Å². The Kier molecular flexibility index (Phi) is 12.0. The number of nitrogens with zero attached hydrogens (tertiary/aromatic N) is 8. The molecule has 4 aromatic rings. The lowest BCUT2D eigenvalue weighted by atomic mass is 10.1. The number of rotatable bonds is 17. The van der Waals surface area contributed by atoms with E-state index in [4.69, 9.17) is 16.2 Å². The molecule has 7 N–H and O–H groups in total. The number of carbonyl (C=O) groups excluding carboxylic acids is 2. The van der Waals surface area contributed by atoms with Gasteiger partial charge in [0.05, 0.1) is 45.2 Å². The first-order valence-corrected chi connectivity index (χ1v) is 15.6. The molecular weight excluding hydrogens is 616 g/mol. The number of ether oxygens (including phenoxy) is 1. The third-order valence-electron chi connectivity index (χ3n) is 6.69. The fourth-order valence-electron chi connectivity index (χ4n) is 4.24. The topological polar surface area (TPSA) is 242 Å². The van der Waals surface area contributed by atoms with Gasteiger partial charge in [0.2, 0.25) is 11.9 Å². The maximum atomic E-state index is 12.8. The summed E-state index contributed by atoms with van der Waals surface area (Å²) in [5.41, 5.74) is 14.0. The number of carbonyl (C=O) groups is 3. The number of nitrogens with one attached hydrogen (secondary N) is 2. The molecule has 0 aliphatic rings. The molecule has 1 atom stereocenters. The molecule has 17 nitrogen and oxygen atoms in total. The third-order valence-corrected chi connectivity index (χ3v) is 7.27. The molecule has 18 heteroatoms. The average molecular weight is 653 g/mol. The zero-order chi connectivity index (χ0) is 33.1. The molecule has 1 unspecified atom stereocenters. The normalized spacial score (nSPS) is 11.7. The number of aliphatic carboxylic acids is 1. The SMILES string of the molecule is CSCCOCCn1cc(CNC(=O)CCC(NC(=O)c2ccc(N(C)Cc3ncc4nc(N)nc(N)c4n3)cc2)C(=O)O)nn1. The number of fused-ring (bicyclic) bond motifs is 1. The van der Waals surface area contributed by atoms with E-state index in [9.17, 15) is 19.5 Å². The smallest absolute Gasteiger partial charge is 0.326 e. The Hall–Kier alpha value is -5.10. The predicted molar refractivity (Wildman–Crippen MR) is 172 cm³/mol. The Morgan fingerprint density at radius 1 is 1.13 bits per heavy atom. The lowest BCUT2D eigenvalue weighted by Crippen LogP contribution is -2.41. The number of anilines is 3. The van der Waals surface area contributed by atoms with Crippen LogP contribution in [0.15, 0.2) is 36.7 Å². The standard InChI is InChI=1S/C28H36N12O5S/c1-39(16-22-31-14-21-24(35-22)25(29)36-28(30)34-21)19-5-3-17(4-6-19)26(42)33-20(27(43)44)7-8-23(41)32-13-18-15-40(38-37-18)9-10-45-11-12-46-2/h3-6,14-15,20H,7-13,16H2,1-2H3,(H,32,41)(H,33,42)(H,43,44)(H4,29,30,34,36). The summed E-state index contributed by atoms with van der Waals surface area (Å²) in [6.07, 6.45) is 5.04. The van der Waals surface area contributed by atoms with Crippen molar-refractivity contribution >= 4 is 58.0 Å². The van der Waals surface area contributed by atoms with Gasteiger partial charge in [0.1, 0.15) is 28.6 Å². The van der Waals surface area contributed by atoms with Crippen molar-refractivity contribution in [1.29, 1.82) is 0 Å². The lowest BCUT2D eigenvalue weighted by molar-refractivity contribution is -0.139. The van der Waals surface area contributed by atoms with Crippen LogP contribution >= 0.6 is 11.8 Å². The summed E-state index contributed by atoms with van der Waals surface area (Å²) in [6.45, 7) is 2.17. The van der Waals surface area contributed by atoms with Crippen LogP contribution in [0, 0.1) is 0 Å². The van der Waals surface area contributed by atoms with Crippen molar-refractivity contribution in [2.75, 3.05) is 48.6 Å². The van der Waals surface area contributed by atoms with Crippen molar-refractivity contribution in [3.05, 3.63) is 53.7 Å². The Balaban J connectivity index is 1.23. The highest BCUT2D eigenvalue weighted by Gasteiger charge is 2.22. The predicted octanol–water partition coefficient (Wildman–Crippen LogP) is 0.471. The summed E-state index contributed by atoms with van der Waals surface area (Å²) in [4.78, 5) is 55.6. The van der Waals surface area contributed by atoms with E-state index >= 15 is 0 Å². The molecule has 244 valence electrons. The number of nitrogens with two attached hydrogens (primary N) is 2. The van der Waals surface area contributed by atoms with Gasteiger partial charge in [-0.15, -0.1) is 5.10 Å². The monoisotopic (exact) mass is 652 g/mol. The Labute approximate surface area is 268 Å². The molecule has 0 spiro atoms. The lowest BCUT2D eigenvalue weighted by Gasteiger charge is -2.19. The summed E-state index contributed by atoms with van der Waals surface area (Å²) >= 11 is 1.71. The second-order valence-corrected chi connectivity index (χ2v) is 11.1. The van der Waals surface area contributed by atoms with Gasteiger partial charge in [0.25, 0.3) is 5.91 Å². The summed E-state index contributed by atoms with van der Waals surface area (Å²) < 4.78 is 7.12. The first-order valence-electron chi connectivity index (χ1n) is 14.2. The average Bonchev–Trinajstić information content (AvgIpc) is 3.49. The Morgan fingerprint density at radius 3 is 2.65 bits per heavy atom. The molecule has 4 rings (SSSR count). The second kappa shape index (κ2) is 16.3. The first kappa shape index (κ1) is 33.8. The van der Waals surface area contributed by atoms with Crippen LogP contribution in [0.1, 0.15) is 34.7 Å². The molecule has 1 aromatic carbocycles. The maximum Gasteiger partial charge on any atom is 0.326 e. The van der Waals surface area contributed by atoms with Gasteiger partial charge in [-0.3, -0.25) is 9.59 Å². The van der Waals surface area contributed by atoms with Crippen LogP contribution in [0.3, 0.4) is 0 Å². The fraction of sp³-hybridized carbons (Fsp3) is 0.393. The van der Waals surface area contributed by atoms with Gasteiger partial charge in [-0.05, 0) is 36.9 Å².